The highest BCUT2D eigenvalue weighted by Gasteiger charge is 2.21. The molecule has 4 N–H and O–H groups in total. The molecular formula is C19H32IN5O2. The number of hydrogen-bond donors (Lipinski definition) is 3. The first-order valence-electron chi connectivity index (χ1n) is 9.15. The van der Waals surface area contributed by atoms with Gasteiger partial charge in [-0.3, -0.25) is 14.7 Å². The Morgan fingerprint density at radius 2 is 2.19 bits per heavy atom. The van der Waals surface area contributed by atoms with Crippen LogP contribution >= 0.6 is 24.0 Å². The lowest BCUT2D eigenvalue weighted by Crippen LogP contribution is -2.50. The molecule has 1 saturated heterocycles. The Balaban J connectivity index is 0.00000364. The van der Waals surface area contributed by atoms with Crippen molar-refractivity contribution in [2.24, 2.45) is 16.6 Å². The molecule has 1 aromatic carbocycles. The molecule has 1 heterocycles. The summed E-state index contributed by atoms with van der Waals surface area (Å²) < 4.78 is 5.85. The fourth-order valence-corrected chi connectivity index (χ4v) is 3.04. The molecule has 0 aliphatic carbocycles. The molecule has 0 saturated carbocycles. The van der Waals surface area contributed by atoms with Gasteiger partial charge in [-0.05, 0) is 23.6 Å². The Morgan fingerprint density at radius 1 is 1.41 bits per heavy atom. The number of hydrogen-bond acceptors (Lipinski definition) is 4. The van der Waals surface area contributed by atoms with E-state index >= 15 is 0 Å². The van der Waals surface area contributed by atoms with E-state index in [0.717, 1.165) is 31.8 Å². The fraction of sp³-hybridized carbons (Fsp3) is 0.579. The number of carbonyl (C=O) groups excluding carboxylic acids is 1. The van der Waals surface area contributed by atoms with Crippen LogP contribution in [0.25, 0.3) is 0 Å². The van der Waals surface area contributed by atoms with Crippen molar-refractivity contribution in [2.75, 3.05) is 39.8 Å². The molecule has 1 aromatic rings. The zero-order valence-corrected chi connectivity index (χ0v) is 18.7. The predicted molar refractivity (Wildman–Crippen MR) is 120 cm³/mol. The largest absolute Gasteiger partial charge is 0.374 e. The Bertz CT molecular complexity index is 624. The molecule has 152 valence electrons. The monoisotopic (exact) mass is 489 g/mol. The van der Waals surface area contributed by atoms with Gasteiger partial charge in [0.2, 0.25) is 5.91 Å². The van der Waals surface area contributed by atoms with E-state index in [0.29, 0.717) is 30.5 Å². The summed E-state index contributed by atoms with van der Waals surface area (Å²) in [6.07, 6.45) is 0.152. The lowest BCUT2D eigenvalue weighted by Gasteiger charge is -2.34. The average Bonchev–Trinajstić information content (AvgIpc) is 2.62. The molecule has 8 heteroatoms. The number of primary amides is 1. The summed E-state index contributed by atoms with van der Waals surface area (Å²) in [5, 5.41) is 6.57. The van der Waals surface area contributed by atoms with Gasteiger partial charge in [-0.2, -0.15) is 0 Å². The number of benzene rings is 1. The second-order valence-corrected chi connectivity index (χ2v) is 7.02. The highest BCUT2D eigenvalue weighted by Crippen LogP contribution is 2.07. The minimum absolute atomic E-state index is 0. The highest BCUT2D eigenvalue weighted by molar-refractivity contribution is 14.0. The summed E-state index contributed by atoms with van der Waals surface area (Å²) in [6.45, 7) is 9.54. The molecule has 1 atom stereocenters. The Hall–Kier alpha value is -1.39. The third-order valence-corrected chi connectivity index (χ3v) is 4.24. The van der Waals surface area contributed by atoms with Gasteiger partial charge < -0.3 is 21.1 Å². The van der Waals surface area contributed by atoms with E-state index in [1.165, 1.54) is 0 Å². The summed E-state index contributed by atoms with van der Waals surface area (Å²) in [5.41, 5.74) is 6.80. The van der Waals surface area contributed by atoms with Crippen LogP contribution in [-0.2, 0) is 11.3 Å². The molecule has 0 spiro atoms. The Morgan fingerprint density at radius 3 is 2.85 bits per heavy atom. The van der Waals surface area contributed by atoms with E-state index < -0.39 is 5.91 Å². The maximum atomic E-state index is 11.3. The van der Waals surface area contributed by atoms with Crippen LogP contribution in [-0.4, -0.2) is 62.7 Å². The van der Waals surface area contributed by atoms with Gasteiger partial charge in [0, 0.05) is 45.3 Å². The van der Waals surface area contributed by atoms with Crippen molar-refractivity contribution in [3.8, 4) is 0 Å². The number of carbonyl (C=O) groups is 1. The summed E-state index contributed by atoms with van der Waals surface area (Å²) >= 11 is 0. The normalized spacial score (nSPS) is 18.1. The third kappa shape index (κ3) is 8.44. The molecule has 1 unspecified atom stereocenters. The molecule has 27 heavy (non-hydrogen) atoms. The van der Waals surface area contributed by atoms with Crippen molar-refractivity contribution >= 4 is 35.8 Å². The van der Waals surface area contributed by atoms with Gasteiger partial charge in [0.1, 0.15) is 0 Å². The zero-order chi connectivity index (χ0) is 18.9. The van der Waals surface area contributed by atoms with E-state index in [1.807, 2.05) is 12.1 Å². The first kappa shape index (κ1) is 23.6. The average molecular weight is 489 g/mol. The standard InChI is InChI=1S/C19H31N5O2.HI/c1-14(2)12-24-7-8-26-17(13-24)11-23-19(21-3)22-10-15-5-4-6-16(9-15)18(20)25;/h4-6,9,14,17H,7-8,10-13H2,1-3H3,(H2,20,25)(H2,21,22,23);1H. The number of aliphatic imine (C=N–C) groups is 1. The number of guanidine groups is 1. The number of nitrogens with zero attached hydrogens (tertiary/aromatic N) is 2. The molecular weight excluding hydrogens is 457 g/mol. The summed E-state index contributed by atoms with van der Waals surface area (Å²) in [7, 11) is 1.74. The zero-order valence-electron chi connectivity index (χ0n) is 16.4. The molecule has 1 aliphatic rings. The smallest absolute Gasteiger partial charge is 0.248 e. The molecule has 2 rings (SSSR count). The maximum Gasteiger partial charge on any atom is 0.248 e. The number of nitrogens with two attached hydrogens (primary N) is 1. The summed E-state index contributed by atoms with van der Waals surface area (Å²) in [6, 6.07) is 7.27. The molecule has 1 fully saturated rings. The van der Waals surface area contributed by atoms with E-state index in [2.05, 4.69) is 34.4 Å². The van der Waals surface area contributed by atoms with Crippen LogP contribution in [0.2, 0.25) is 0 Å². The number of rotatable bonds is 7. The highest BCUT2D eigenvalue weighted by atomic mass is 127. The number of ether oxygens (including phenoxy) is 1. The SMILES string of the molecule is CN=C(NCc1cccc(C(N)=O)c1)NCC1CN(CC(C)C)CCO1.I. The van der Waals surface area contributed by atoms with Crippen molar-refractivity contribution in [3.63, 3.8) is 0 Å². The predicted octanol–water partition coefficient (Wildman–Crippen LogP) is 1.43. The van der Waals surface area contributed by atoms with Crippen LogP contribution in [0, 0.1) is 5.92 Å². The second kappa shape index (κ2) is 12.1. The van der Waals surface area contributed by atoms with Crippen molar-refractivity contribution in [3.05, 3.63) is 35.4 Å². The van der Waals surface area contributed by atoms with Gasteiger partial charge in [0.25, 0.3) is 0 Å². The first-order chi connectivity index (χ1) is 12.5. The number of halogens is 1. The topological polar surface area (TPSA) is 92.0 Å². The molecule has 1 aliphatic heterocycles. The van der Waals surface area contributed by atoms with Crippen LogP contribution in [0.4, 0.5) is 0 Å². The first-order valence-corrected chi connectivity index (χ1v) is 9.15. The number of nitrogens with one attached hydrogen (secondary N) is 2. The third-order valence-electron chi connectivity index (χ3n) is 4.24. The number of amides is 1. The van der Waals surface area contributed by atoms with Crippen molar-refractivity contribution in [1.82, 2.24) is 15.5 Å². The van der Waals surface area contributed by atoms with Gasteiger partial charge in [-0.15, -0.1) is 24.0 Å². The molecule has 7 nitrogen and oxygen atoms in total. The van der Waals surface area contributed by atoms with Gasteiger partial charge in [0.15, 0.2) is 5.96 Å². The molecule has 0 bridgehead atoms. The van der Waals surface area contributed by atoms with Gasteiger partial charge in [0.05, 0.1) is 12.7 Å². The quantitative estimate of drug-likeness (QED) is 0.306. The van der Waals surface area contributed by atoms with E-state index in [4.69, 9.17) is 10.5 Å². The van der Waals surface area contributed by atoms with Gasteiger partial charge in [-0.25, -0.2) is 0 Å². The van der Waals surface area contributed by atoms with Crippen molar-refractivity contribution < 1.29 is 9.53 Å². The lowest BCUT2D eigenvalue weighted by atomic mass is 10.1. The van der Waals surface area contributed by atoms with E-state index in [9.17, 15) is 4.79 Å². The van der Waals surface area contributed by atoms with E-state index in [1.54, 1.807) is 19.2 Å². The van der Waals surface area contributed by atoms with Crippen LogP contribution < -0.4 is 16.4 Å². The fourth-order valence-electron chi connectivity index (χ4n) is 3.04. The second-order valence-electron chi connectivity index (χ2n) is 7.02. The van der Waals surface area contributed by atoms with E-state index in [-0.39, 0.29) is 30.1 Å². The number of morpholine rings is 1. The van der Waals surface area contributed by atoms with Crippen LogP contribution in [0.5, 0.6) is 0 Å². The molecule has 0 radical (unpaired) electrons. The van der Waals surface area contributed by atoms with Crippen LogP contribution in [0.1, 0.15) is 29.8 Å². The van der Waals surface area contributed by atoms with Crippen molar-refractivity contribution in [2.45, 2.75) is 26.5 Å². The van der Waals surface area contributed by atoms with Gasteiger partial charge >= 0.3 is 0 Å². The summed E-state index contributed by atoms with van der Waals surface area (Å²) in [5.74, 6) is 0.945. The minimum Gasteiger partial charge on any atom is -0.374 e. The summed E-state index contributed by atoms with van der Waals surface area (Å²) in [4.78, 5) is 18.0. The van der Waals surface area contributed by atoms with Crippen LogP contribution in [0.3, 0.4) is 0 Å². The van der Waals surface area contributed by atoms with Crippen LogP contribution in [0.15, 0.2) is 29.3 Å². The maximum absolute atomic E-state index is 11.3. The molecule has 0 aromatic heterocycles. The van der Waals surface area contributed by atoms with Gasteiger partial charge in [-0.1, -0.05) is 26.0 Å². The Kier molecular flexibility index (Phi) is 10.6. The lowest BCUT2D eigenvalue weighted by molar-refractivity contribution is -0.0284. The molecule has 1 amide bonds. The van der Waals surface area contributed by atoms with Crippen molar-refractivity contribution in [1.29, 1.82) is 0 Å². The minimum atomic E-state index is -0.422. The Labute approximate surface area is 179 Å².